The summed E-state index contributed by atoms with van der Waals surface area (Å²) in [6, 6.07) is 9.94. The van der Waals surface area contributed by atoms with Gasteiger partial charge in [-0.3, -0.25) is 9.59 Å². The standard InChI is InChI=1S/C20H22BrN3O2S/c21-15-7-5-6-14(10-15)16-11-18(25)23-20(17(16)12-22)27-13-19(26)24-8-3-1-2-4-9-24/h5-7,10,16H,1-4,8-9,11,13H2,(H,23,25)/t16-/m1/s1. The van der Waals surface area contributed by atoms with Crippen LogP contribution >= 0.6 is 27.7 Å². The van der Waals surface area contributed by atoms with Gasteiger partial charge in [0.1, 0.15) is 0 Å². The maximum atomic E-state index is 12.5. The molecule has 1 fully saturated rings. The SMILES string of the molecule is N#CC1=C(SCC(=O)N2CCCCCC2)NC(=O)C[C@@H]1c1cccc(Br)c1. The molecule has 0 unspecified atom stereocenters. The lowest BCUT2D eigenvalue weighted by Crippen LogP contribution is -2.35. The van der Waals surface area contributed by atoms with Gasteiger partial charge in [-0.25, -0.2) is 0 Å². The molecule has 1 aromatic rings. The number of hydrogen-bond acceptors (Lipinski definition) is 4. The Morgan fingerprint density at radius 1 is 1.30 bits per heavy atom. The second kappa shape index (κ2) is 9.43. The summed E-state index contributed by atoms with van der Waals surface area (Å²) in [4.78, 5) is 26.7. The first-order valence-electron chi connectivity index (χ1n) is 9.18. The van der Waals surface area contributed by atoms with Crippen molar-refractivity contribution in [1.82, 2.24) is 10.2 Å². The first-order valence-corrected chi connectivity index (χ1v) is 11.0. The fraction of sp³-hybridized carbons (Fsp3) is 0.450. The number of carbonyl (C=O) groups is 2. The molecule has 0 aromatic heterocycles. The molecule has 1 saturated heterocycles. The average Bonchev–Trinajstić information content (AvgIpc) is 2.95. The second-order valence-corrected chi connectivity index (χ2v) is 8.70. The number of amides is 2. The summed E-state index contributed by atoms with van der Waals surface area (Å²) in [6.07, 6.45) is 4.67. The molecule has 1 N–H and O–H groups in total. The second-order valence-electron chi connectivity index (χ2n) is 6.80. The largest absolute Gasteiger partial charge is 0.342 e. The summed E-state index contributed by atoms with van der Waals surface area (Å²) in [5.41, 5.74) is 1.45. The highest BCUT2D eigenvalue weighted by atomic mass is 79.9. The third kappa shape index (κ3) is 5.14. The lowest BCUT2D eigenvalue weighted by molar-refractivity contribution is -0.128. The van der Waals surface area contributed by atoms with Gasteiger partial charge >= 0.3 is 0 Å². The number of nitrogens with zero attached hydrogens (tertiary/aromatic N) is 2. The molecule has 0 spiro atoms. The Hall–Kier alpha value is -1.78. The molecule has 3 rings (SSSR count). The van der Waals surface area contributed by atoms with E-state index in [1.165, 1.54) is 24.6 Å². The van der Waals surface area contributed by atoms with Gasteiger partial charge in [0, 0.05) is 29.9 Å². The topological polar surface area (TPSA) is 73.2 Å². The Labute approximate surface area is 172 Å². The van der Waals surface area contributed by atoms with E-state index < -0.39 is 0 Å². The summed E-state index contributed by atoms with van der Waals surface area (Å²) >= 11 is 4.71. The van der Waals surface area contributed by atoms with Crippen LogP contribution in [0.4, 0.5) is 0 Å². The monoisotopic (exact) mass is 447 g/mol. The first kappa shape index (κ1) is 20.0. The minimum atomic E-state index is -0.281. The van der Waals surface area contributed by atoms with Crippen LogP contribution in [-0.2, 0) is 9.59 Å². The number of likely N-dealkylation sites (tertiary alicyclic amines) is 1. The fourth-order valence-corrected chi connectivity index (χ4v) is 4.88. The van der Waals surface area contributed by atoms with Gasteiger partial charge in [-0.15, -0.1) is 0 Å². The lowest BCUT2D eigenvalue weighted by atomic mass is 9.87. The van der Waals surface area contributed by atoms with Crippen LogP contribution in [0, 0.1) is 11.3 Å². The normalized spacial score (nSPS) is 20.7. The third-order valence-electron chi connectivity index (χ3n) is 4.91. The zero-order valence-electron chi connectivity index (χ0n) is 15.0. The van der Waals surface area contributed by atoms with E-state index >= 15 is 0 Å². The number of nitrogens with one attached hydrogen (secondary N) is 1. The number of thioether (sulfide) groups is 1. The van der Waals surface area contributed by atoms with Crippen LogP contribution in [0.1, 0.15) is 43.6 Å². The van der Waals surface area contributed by atoms with Crippen LogP contribution in [0.15, 0.2) is 39.3 Å². The minimum absolute atomic E-state index is 0.0746. The van der Waals surface area contributed by atoms with Gasteiger partial charge in [0.2, 0.25) is 11.8 Å². The van der Waals surface area contributed by atoms with Crippen molar-refractivity contribution in [1.29, 1.82) is 5.26 Å². The number of nitriles is 1. The van der Waals surface area contributed by atoms with E-state index in [1.54, 1.807) is 0 Å². The molecule has 0 radical (unpaired) electrons. The molecule has 2 aliphatic rings. The summed E-state index contributed by atoms with van der Waals surface area (Å²) in [5, 5.41) is 13.0. The van der Waals surface area contributed by atoms with Gasteiger partial charge in [-0.05, 0) is 30.5 Å². The van der Waals surface area contributed by atoms with Crippen molar-refractivity contribution in [2.75, 3.05) is 18.8 Å². The van der Waals surface area contributed by atoms with Crippen LogP contribution in [0.25, 0.3) is 0 Å². The van der Waals surface area contributed by atoms with Crippen LogP contribution in [0.2, 0.25) is 0 Å². The predicted molar refractivity (Wildman–Crippen MR) is 110 cm³/mol. The molecular weight excluding hydrogens is 426 g/mol. The summed E-state index contributed by atoms with van der Waals surface area (Å²) in [6.45, 7) is 1.60. The van der Waals surface area contributed by atoms with Gasteiger partial charge in [-0.2, -0.15) is 5.26 Å². The maximum absolute atomic E-state index is 12.5. The van der Waals surface area contributed by atoms with Gasteiger partial charge in [0.25, 0.3) is 0 Å². The van der Waals surface area contributed by atoms with Crippen molar-refractivity contribution in [2.45, 2.75) is 38.0 Å². The van der Waals surface area contributed by atoms with Gasteiger partial charge in [-0.1, -0.05) is 52.7 Å². The van der Waals surface area contributed by atoms with Gasteiger partial charge < -0.3 is 10.2 Å². The molecule has 0 saturated carbocycles. The van der Waals surface area contributed by atoms with E-state index in [0.29, 0.717) is 10.6 Å². The van der Waals surface area contributed by atoms with E-state index in [9.17, 15) is 14.9 Å². The number of carbonyl (C=O) groups excluding carboxylic acids is 2. The molecule has 2 amide bonds. The number of benzene rings is 1. The molecule has 0 bridgehead atoms. The molecule has 1 atom stereocenters. The van der Waals surface area contributed by atoms with Crippen LogP contribution in [0.5, 0.6) is 0 Å². The lowest BCUT2D eigenvalue weighted by Gasteiger charge is -2.26. The number of hydrogen-bond donors (Lipinski definition) is 1. The fourth-order valence-electron chi connectivity index (χ4n) is 3.49. The zero-order chi connectivity index (χ0) is 19.2. The molecular formula is C20H22BrN3O2S. The van der Waals surface area contributed by atoms with Crippen molar-refractivity contribution in [3.05, 3.63) is 44.9 Å². The van der Waals surface area contributed by atoms with Crippen molar-refractivity contribution >= 4 is 39.5 Å². The highest BCUT2D eigenvalue weighted by Crippen LogP contribution is 2.36. The molecule has 5 nitrogen and oxygen atoms in total. The Morgan fingerprint density at radius 2 is 2.04 bits per heavy atom. The number of rotatable bonds is 4. The van der Waals surface area contributed by atoms with Gasteiger partial charge in [0.05, 0.1) is 22.4 Å². The van der Waals surface area contributed by atoms with Crippen molar-refractivity contribution in [3.63, 3.8) is 0 Å². The van der Waals surface area contributed by atoms with Crippen LogP contribution in [-0.4, -0.2) is 35.6 Å². The molecule has 7 heteroatoms. The van der Waals surface area contributed by atoms with Crippen LogP contribution in [0.3, 0.4) is 0 Å². The van der Waals surface area contributed by atoms with Crippen molar-refractivity contribution in [3.8, 4) is 6.07 Å². The highest BCUT2D eigenvalue weighted by molar-refractivity contribution is 9.10. The van der Waals surface area contributed by atoms with E-state index in [-0.39, 0.29) is 29.9 Å². The average molecular weight is 448 g/mol. The maximum Gasteiger partial charge on any atom is 0.232 e. The van der Waals surface area contributed by atoms with Gasteiger partial charge in [0.15, 0.2) is 0 Å². The Morgan fingerprint density at radius 3 is 2.70 bits per heavy atom. The smallest absolute Gasteiger partial charge is 0.232 e. The minimum Gasteiger partial charge on any atom is -0.342 e. The molecule has 27 heavy (non-hydrogen) atoms. The van der Waals surface area contributed by atoms with Crippen LogP contribution < -0.4 is 5.32 Å². The Balaban J connectivity index is 1.76. The molecule has 2 heterocycles. The molecule has 1 aromatic carbocycles. The summed E-state index contributed by atoms with van der Waals surface area (Å²) in [5.74, 6) is -0.0855. The van der Waals surface area contributed by atoms with E-state index in [1.807, 2.05) is 29.2 Å². The molecule has 142 valence electrons. The van der Waals surface area contributed by atoms with Crippen molar-refractivity contribution in [2.24, 2.45) is 0 Å². The first-order chi connectivity index (χ1) is 13.1. The van der Waals surface area contributed by atoms with E-state index in [4.69, 9.17) is 0 Å². The highest BCUT2D eigenvalue weighted by Gasteiger charge is 2.30. The quantitative estimate of drug-likeness (QED) is 0.758. The molecule has 2 aliphatic heterocycles. The predicted octanol–water partition coefficient (Wildman–Crippen LogP) is 3.92. The van der Waals surface area contributed by atoms with E-state index in [0.717, 1.165) is 36.0 Å². The molecule has 0 aliphatic carbocycles. The Bertz CT molecular complexity index is 795. The number of allylic oxidation sites excluding steroid dienone is 1. The Kier molecular flexibility index (Phi) is 6.97. The van der Waals surface area contributed by atoms with Crippen molar-refractivity contribution < 1.29 is 9.59 Å². The summed E-state index contributed by atoms with van der Waals surface area (Å²) < 4.78 is 0.911. The third-order valence-corrected chi connectivity index (χ3v) is 6.40. The van der Waals surface area contributed by atoms with E-state index in [2.05, 4.69) is 27.3 Å². The summed E-state index contributed by atoms with van der Waals surface area (Å²) in [7, 11) is 0. The number of halogens is 1. The zero-order valence-corrected chi connectivity index (χ0v) is 17.4.